The highest BCUT2D eigenvalue weighted by Gasteiger charge is 2.22. The van der Waals surface area contributed by atoms with Crippen LogP contribution in [-0.2, 0) is 53.3 Å². The Morgan fingerprint density at radius 3 is 2.44 bits per heavy atom. The van der Waals surface area contributed by atoms with Gasteiger partial charge in [-0.2, -0.15) is 0 Å². The highest BCUT2D eigenvalue weighted by molar-refractivity contribution is 7.89. The van der Waals surface area contributed by atoms with Crippen molar-refractivity contribution in [2.45, 2.75) is 44.4 Å². The standard InChI is InChI=1S/C30H42N4O8S/c1-21-15-25(43(31,36)37)16-22(2)26(21)7-8-34-29(20-41-14-13-40-12-11-38-3)32-28-17-23(5-6-27(28)30(34)35)33-9-10-42-24(18-33)19-39-4/h5-6,15-17,24H,7-14,18-20H2,1-4H3,(H2,31,36,37)/t24-/m1/s1. The Bertz CT molecular complexity index is 1530. The molecule has 0 spiro atoms. The number of methoxy groups -OCH3 is 2. The fraction of sp³-hybridized carbons (Fsp3) is 0.533. The number of hydrogen-bond acceptors (Lipinski definition) is 10. The first kappa shape index (κ1) is 33.0. The summed E-state index contributed by atoms with van der Waals surface area (Å²) >= 11 is 0. The number of fused-ring (bicyclic) bond motifs is 1. The lowest BCUT2D eigenvalue weighted by Gasteiger charge is -2.34. The molecule has 1 fully saturated rings. The van der Waals surface area contributed by atoms with E-state index in [1.165, 1.54) is 0 Å². The van der Waals surface area contributed by atoms with Crippen LogP contribution in [0.5, 0.6) is 0 Å². The van der Waals surface area contributed by atoms with Crippen LogP contribution in [0.3, 0.4) is 0 Å². The Morgan fingerprint density at radius 2 is 1.74 bits per heavy atom. The second-order valence-electron chi connectivity index (χ2n) is 10.6. The van der Waals surface area contributed by atoms with Crippen molar-refractivity contribution in [3.63, 3.8) is 0 Å². The van der Waals surface area contributed by atoms with Crippen LogP contribution in [0.15, 0.2) is 40.0 Å². The number of ether oxygens (including phenoxy) is 5. The van der Waals surface area contributed by atoms with Gasteiger partial charge >= 0.3 is 0 Å². The predicted octanol–water partition coefficient (Wildman–Crippen LogP) is 1.93. The van der Waals surface area contributed by atoms with Gasteiger partial charge in [0.25, 0.3) is 5.56 Å². The van der Waals surface area contributed by atoms with E-state index in [1.54, 1.807) is 30.9 Å². The maximum Gasteiger partial charge on any atom is 0.261 e. The monoisotopic (exact) mass is 618 g/mol. The number of sulfonamides is 1. The summed E-state index contributed by atoms with van der Waals surface area (Å²) in [6.45, 7) is 8.34. The number of aromatic nitrogens is 2. The Labute approximate surface area is 252 Å². The van der Waals surface area contributed by atoms with E-state index < -0.39 is 10.0 Å². The normalized spacial score (nSPS) is 15.8. The zero-order valence-electron chi connectivity index (χ0n) is 25.3. The number of benzene rings is 2. The summed E-state index contributed by atoms with van der Waals surface area (Å²) in [5.74, 6) is 0.502. The van der Waals surface area contributed by atoms with Crippen LogP contribution in [-0.4, -0.2) is 91.0 Å². The van der Waals surface area contributed by atoms with Crippen LogP contribution in [0.2, 0.25) is 0 Å². The Balaban J connectivity index is 1.62. The zero-order valence-corrected chi connectivity index (χ0v) is 26.2. The fourth-order valence-corrected chi connectivity index (χ4v) is 5.98. The third-order valence-electron chi connectivity index (χ3n) is 7.49. The molecule has 236 valence electrons. The lowest BCUT2D eigenvalue weighted by molar-refractivity contribution is -0.0100. The zero-order chi connectivity index (χ0) is 31.0. The quantitative estimate of drug-likeness (QED) is 0.251. The third-order valence-corrected chi connectivity index (χ3v) is 8.39. The van der Waals surface area contributed by atoms with E-state index in [9.17, 15) is 13.2 Å². The largest absolute Gasteiger partial charge is 0.382 e. The van der Waals surface area contributed by atoms with Gasteiger partial charge in [-0.1, -0.05) is 0 Å². The van der Waals surface area contributed by atoms with Gasteiger partial charge in [0.2, 0.25) is 10.0 Å². The first-order valence-electron chi connectivity index (χ1n) is 14.3. The molecule has 1 aromatic heterocycles. The summed E-state index contributed by atoms with van der Waals surface area (Å²) in [5, 5.41) is 5.86. The predicted molar refractivity (Wildman–Crippen MR) is 163 cm³/mol. The van der Waals surface area contributed by atoms with Crippen molar-refractivity contribution >= 4 is 26.6 Å². The number of anilines is 1. The minimum atomic E-state index is -3.82. The van der Waals surface area contributed by atoms with E-state index in [-0.39, 0.29) is 23.2 Å². The summed E-state index contributed by atoms with van der Waals surface area (Å²) in [5.41, 5.74) is 3.92. The van der Waals surface area contributed by atoms with Crippen molar-refractivity contribution in [1.82, 2.24) is 9.55 Å². The molecule has 2 heterocycles. The molecule has 0 saturated carbocycles. The highest BCUT2D eigenvalue weighted by atomic mass is 32.2. The molecule has 3 aromatic rings. The van der Waals surface area contributed by atoms with E-state index >= 15 is 0 Å². The van der Waals surface area contributed by atoms with Crippen LogP contribution in [0.1, 0.15) is 22.5 Å². The van der Waals surface area contributed by atoms with Crippen LogP contribution in [0, 0.1) is 13.8 Å². The molecular formula is C30H42N4O8S. The van der Waals surface area contributed by atoms with Gasteiger partial charge in [0, 0.05) is 39.5 Å². The highest BCUT2D eigenvalue weighted by Crippen LogP contribution is 2.24. The lowest BCUT2D eigenvalue weighted by atomic mass is 10.00. The summed E-state index contributed by atoms with van der Waals surface area (Å²) in [6, 6.07) is 8.84. The maximum absolute atomic E-state index is 13.8. The van der Waals surface area contributed by atoms with Crippen molar-refractivity contribution in [1.29, 1.82) is 0 Å². The number of primary sulfonamides is 1. The smallest absolute Gasteiger partial charge is 0.261 e. The number of aryl methyl sites for hydroxylation is 2. The first-order chi connectivity index (χ1) is 20.6. The van der Waals surface area contributed by atoms with Crippen LogP contribution < -0.4 is 15.6 Å². The second-order valence-corrected chi connectivity index (χ2v) is 12.1. The molecule has 2 aromatic carbocycles. The van der Waals surface area contributed by atoms with Gasteiger partial charge in [-0.15, -0.1) is 0 Å². The van der Waals surface area contributed by atoms with Gasteiger partial charge in [-0.3, -0.25) is 9.36 Å². The van der Waals surface area contributed by atoms with Gasteiger partial charge in [0.15, 0.2) is 0 Å². The molecule has 0 bridgehead atoms. The summed E-state index contributed by atoms with van der Waals surface area (Å²) in [6.07, 6.45) is 0.464. The second kappa shape index (κ2) is 15.2. The minimum absolute atomic E-state index is 0.0311. The van der Waals surface area contributed by atoms with Gasteiger partial charge < -0.3 is 28.6 Å². The molecule has 2 N–H and O–H groups in total. The van der Waals surface area contributed by atoms with Crippen molar-refractivity contribution in [3.05, 3.63) is 63.2 Å². The molecule has 12 nitrogen and oxygen atoms in total. The number of nitrogens with two attached hydrogens (primary N) is 1. The van der Waals surface area contributed by atoms with Crippen LogP contribution in [0.25, 0.3) is 10.9 Å². The molecule has 13 heteroatoms. The number of morpholine rings is 1. The molecule has 1 saturated heterocycles. The first-order valence-corrected chi connectivity index (χ1v) is 15.8. The lowest BCUT2D eigenvalue weighted by Crippen LogP contribution is -2.44. The number of hydrogen-bond donors (Lipinski definition) is 1. The Hall–Kier alpha value is -2.91. The van der Waals surface area contributed by atoms with E-state index in [0.29, 0.717) is 75.9 Å². The summed E-state index contributed by atoms with van der Waals surface area (Å²) in [4.78, 5) is 21.0. The molecule has 1 aliphatic heterocycles. The minimum Gasteiger partial charge on any atom is -0.382 e. The molecule has 0 aliphatic carbocycles. The topological polar surface area (TPSA) is 144 Å². The van der Waals surface area contributed by atoms with Crippen molar-refractivity contribution in [2.75, 3.05) is 71.9 Å². The van der Waals surface area contributed by atoms with Gasteiger partial charge in [0.05, 0.1) is 61.5 Å². The fourth-order valence-electron chi connectivity index (χ4n) is 5.29. The van der Waals surface area contributed by atoms with E-state index in [2.05, 4.69) is 4.90 Å². The molecule has 4 rings (SSSR count). The van der Waals surface area contributed by atoms with Gasteiger partial charge in [-0.25, -0.2) is 18.5 Å². The Kier molecular flexibility index (Phi) is 11.7. The maximum atomic E-state index is 13.8. The van der Waals surface area contributed by atoms with Crippen molar-refractivity contribution in [3.8, 4) is 0 Å². The number of nitrogens with zero attached hydrogens (tertiary/aromatic N) is 3. The average Bonchev–Trinajstić information content (AvgIpc) is 2.97. The van der Waals surface area contributed by atoms with Crippen LogP contribution >= 0.6 is 0 Å². The van der Waals surface area contributed by atoms with Crippen LogP contribution in [0.4, 0.5) is 5.69 Å². The number of rotatable bonds is 15. The van der Waals surface area contributed by atoms with Crippen molar-refractivity contribution < 1.29 is 32.1 Å². The molecule has 43 heavy (non-hydrogen) atoms. The SMILES string of the molecule is COCCOCCOCc1nc2cc(N3CCO[C@@H](COC)C3)ccc2c(=O)n1CCc1c(C)cc(S(N)(=O)=O)cc1C. The molecular weight excluding hydrogens is 576 g/mol. The Morgan fingerprint density at radius 1 is 1.02 bits per heavy atom. The molecule has 0 radical (unpaired) electrons. The molecule has 1 aliphatic rings. The average molecular weight is 619 g/mol. The van der Waals surface area contributed by atoms with E-state index in [4.69, 9.17) is 33.8 Å². The molecule has 0 unspecified atom stereocenters. The van der Waals surface area contributed by atoms with Gasteiger partial charge in [0.1, 0.15) is 12.4 Å². The summed E-state index contributed by atoms with van der Waals surface area (Å²) in [7, 11) is -0.550. The van der Waals surface area contributed by atoms with Gasteiger partial charge in [-0.05, 0) is 67.3 Å². The van der Waals surface area contributed by atoms with Crippen molar-refractivity contribution in [2.24, 2.45) is 5.14 Å². The molecule has 0 amide bonds. The van der Waals surface area contributed by atoms with E-state index in [1.807, 2.05) is 32.0 Å². The summed E-state index contributed by atoms with van der Waals surface area (Å²) < 4.78 is 52.9. The molecule has 1 atom stereocenters. The van der Waals surface area contributed by atoms with E-state index in [0.717, 1.165) is 28.9 Å². The third kappa shape index (κ3) is 8.60.